The van der Waals surface area contributed by atoms with E-state index in [-0.39, 0.29) is 18.3 Å². The standard InChI is InChI=1S/C17H34O4S/c1-2-3-4-5-6-7-8-9-10-15-22-17(19)16-21-14-13-20-12-11-18/h18H,2-16H2,1H3. The van der Waals surface area contributed by atoms with Crippen molar-refractivity contribution in [2.24, 2.45) is 0 Å². The van der Waals surface area contributed by atoms with Crippen molar-refractivity contribution in [1.82, 2.24) is 0 Å². The fourth-order valence-corrected chi connectivity index (χ4v) is 2.82. The molecule has 1 N–H and O–H groups in total. The lowest BCUT2D eigenvalue weighted by Gasteiger charge is -2.04. The molecule has 0 spiro atoms. The van der Waals surface area contributed by atoms with Gasteiger partial charge in [-0.25, -0.2) is 0 Å². The summed E-state index contributed by atoms with van der Waals surface area (Å²) in [5, 5.41) is 8.61. The number of aliphatic hydroxyl groups excluding tert-OH is 1. The van der Waals surface area contributed by atoms with Crippen LogP contribution in [0, 0.1) is 0 Å². The maximum absolute atomic E-state index is 11.5. The Kier molecular flexibility index (Phi) is 18.9. The zero-order chi connectivity index (χ0) is 16.3. The molecule has 0 saturated heterocycles. The number of thioether (sulfide) groups is 1. The fourth-order valence-electron chi connectivity index (χ4n) is 2.08. The van der Waals surface area contributed by atoms with Crippen LogP contribution in [0.1, 0.15) is 64.7 Å². The predicted molar refractivity (Wildman–Crippen MR) is 93.4 cm³/mol. The van der Waals surface area contributed by atoms with E-state index in [1.807, 2.05) is 0 Å². The average Bonchev–Trinajstić information content (AvgIpc) is 2.52. The molecular formula is C17H34O4S. The second-order valence-corrected chi connectivity index (χ2v) is 6.59. The van der Waals surface area contributed by atoms with E-state index in [1.165, 1.54) is 63.1 Å². The van der Waals surface area contributed by atoms with Gasteiger partial charge in [0.1, 0.15) is 6.61 Å². The van der Waals surface area contributed by atoms with Crippen molar-refractivity contribution in [3.05, 3.63) is 0 Å². The van der Waals surface area contributed by atoms with E-state index in [0.29, 0.717) is 19.8 Å². The lowest BCUT2D eigenvalue weighted by molar-refractivity contribution is -0.115. The van der Waals surface area contributed by atoms with E-state index in [1.54, 1.807) is 0 Å². The highest BCUT2D eigenvalue weighted by Gasteiger charge is 2.02. The minimum Gasteiger partial charge on any atom is -0.394 e. The van der Waals surface area contributed by atoms with Crippen LogP contribution in [-0.2, 0) is 14.3 Å². The van der Waals surface area contributed by atoms with Crippen LogP contribution in [0.3, 0.4) is 0 Å². The lowest BCUT2D eigenvalue weighted by atomic mass is 10.1. The Hall–Kier alpha value is -0.100. The average molecular weight is 335 g/mol. The lowest BCUT2D eigenvalue weighted by Crippen LogP contribution is -2.11. The largest absolute Gasteiger partial charge is 0.394 e. The Morgan fingerprint density at radius 2 is 1.45 bits per heavy atom. The van der Waals surface area contributed by atoms with Crippen LogP contribution in [0.25, 0.3) is 0 Å². The highest BCUT2D eigenvalue weighted by molar-refractivity contribution is 8.13. The molecule has 0 unspecified atom stereocenters. The van der Waals surface area contributed by atoms with E-state index in [9.17, 15) is 4.79 Å². The molecule has 5 heteroatoms. The number of ether oxygens (including phenoxy) is 2. The molecule has 132 valence electrons. The minimum absolute atomic E-state index is 0.0214. The second kappa shape index (κ2) is 18.9. The van der Waals surface area contributed by atoms with E-state index in [4.69, 9.17) is 14.6 Å². The number of hydrogen-bond acceptors (Lipinski definition) is 5. The van der Waals surface area contributed by atoms with Gasteiger partial charge in [-0.05, 0) is 6.42 Å². The van der Waals surface area contributed by atoms with E-state index in [2.05, 4.69) is 6.92 Å². The van der Waals surface area contributed by atoms with E-state index >= 15 is 0 Å². The van der Waals surface area contributed by atoms with E-state index < -0.39 is 0 Å². The molecule has 22 heavy (non-hydrogen) atoms. The SMILES string of the molecule is CCCCCCCCCCCSC(=O)COCCOCCO. The van der Waals surface area contributed by atoms with Crippen molar-refractivity contribution in [1.29, 1.82) is 0 Å². The molecule has 0 heterocycles. The van der Waals surface area contributed by atoms with Crippen LogP contribution >= 0.6 is 11.8 Å². The van der Waals surface area contributed by atoms with Gasteiger partial charge in [0.15, 0.2) is 0 Å². The normalized spacial score (nSPS) is 11.0. The van der Waals surface area contributed by atoms with Gasteiger partial charge >= 0.3 is 0 Å². The molecule has 0 atom stereocenters. The summed E-state index contributed by atoms with van der Waals surface area (Å²) >= 11 is 1.37. The number of aliphatic hydroxyl groups is 1. The highest BCUT2D eigenvalue weighted by Crippen LogP contribution is 2.12. The van der Waals surface area contributed by atoms with Crippen LogP contribution in [0.15, 0.2) is 0 Å². The first kappa shape index (κ1) is 21.9. The Morgan fingerprint density at radius 1 is 0.864 bits per heavy atom. The molecule has 0 amide bonds. The first-order valence-electron chi connectivity index (χ1n) is 8.73. The topological polar surface area (TPSA) is 55.8 Å². The maximum Gasteiger partial charge on any atom is 0.214 e. The molecule has 0 aliphatic carbocycles. The third-order valence-corrected chi connectivity index (χ3v) is 4.27. The van der Waals surface area contributed by atoms with Crippen molar-refractivity contribution < 1.29 is 19.4 Å². The van der Waals surface area contributed by atoms with Crippen LogP contribution in [0.2, 0.25) is 0 Å². The minimum atomic E-state index is 0.0214. The molecule has 0 aliphatic heterocycles. The monoisotopic (exact) mass is 334 g/mol. The van der Waals surface area contributed by atoms with Gasteiger partial charge in [-0.1, -0.05) is 70.1 Å². The molecule has 0 aliphatic rings. The molecule has 0 rings (SSSR count). The van der Waals surface area contributed by atoms with Gasteiger partial charge in [-0.3, -0.25) is 4.79 Å². The molecule has 0 aromatic rings. The van der Waals surface area contributed by atoms with Gasteiger partial charge in [0.25, 0.3) is 0 Å². The van der Waals surface area contributed by atoms with Gasteiger partial charge in [0, 0.05) is 5.75 Å². The zero-order valence-corrected chi connectivity index (χ0v) is 15.0. The molecule has 0 aromatic heterocycles. The Morgan fingerprint density at radius 3 is 2.09 bits per heavy atom. The summed E-state index contributed by atoms with van der Waals surface area (Å²) in [6, 6.07) is 0. The molecule has 4 nitrogen and oxygen atoms in total. The van der Waals surface area contributed by atoms with Crippen molar-refractivity contribution >= 4 is 16.9 Å². The number of unbranched alkanes of at least 4 members (excludes halogenated alkanes) is 8. The smallest absolute Gasteiger partial charge is 0.214 e. The van der Waals surface area contributed by atoms with Crippen molar-refractivity contribution in [2.45, 2.75) is 64.7 Å². The van der Waals surface area contributed by atoms with Gasteiger partial charge in [-0.2, -0.15) is 0 Å². The zero-order valence-electron chi connectivity index (χ0n) is 14.2. The quantitative estimate of drug-likeness (QED) is 0.410. The Labute approximate surface area is 140 Å². The highest BCUT2D eigenvalue weighted by atomic mass is 32.2. The van der Waals surface area contributed by atoms with Gasteiger partial charge < -0.3 is 14.6 Å². The van der Waals surface area contributed by atoms with Crippen molar-refractivity contribution in [3.63, 3.8) is 0 Å². The molecular weight excluding hydrogens is 300 g/mol. The third kappa shape index (κ3) is 18.0. The predicted octanol–water partition coefficient (Wildman–Crippen LogP) is 3.80. The number of hydrogen-bond donors (Lipinski definition) is 1. The number of carbonyl (C=O) groups is 1. The number of carbonyl (C=O) groups excluding carboxylic acids is 1. The summed E-state index contributed by atoms with van der Waals surface area (Å²) in [4.78, 5) is 11.5. The van der Waals surface area contributed by atoms with Crippen LogP contribution in [-0.4, -0.2) is 49.0 Å². The van der Waals surface area contributed by atoms with E-state index in [0.717, 1.165) is 12.2 Å². The van der Waals surface area contributed by atoms with Crippen LogP contribution < -0.4 is 0 Å². The van der Waals surface area contributed by atoms with Crippen molar-refractivity contribution in [2.75, 3.05) is 38.8 Å². The summed E-state index contributed by atoms with van der Waals surface area (Å²) in [6.45, 7) is 3.58. The summed E-state index contributed by atoms with van der Waals surface area (Å²) < 4.78 is 10.2. The first-order chi connectivity index (χ1) is 10.8. The van der Waals surface area contributed by atoms with Crippen molar-refractivity contribution in [3.8, 4) is 0 Å². The van der Waals surface area contributed by atoms with Gasteiger partial charge in [-0.15, -0.1) is 0 Å². The molecule has 0 radical (unpaired) electrons. The molecule has 0 saturated carbocycles. The van der Waals surface area contributed by atoms with Crippen LogP contribution in [0.4, 0.5) is 0 Å². The Balaban J connectivity index is 3.12. The summed E-state index contributed by atoms with van der Waals surface area (Å²) in [5.74, 6) is 0.902. The molecule has 0 bridgehead atoms. The summed E-state index contributed by atoms with van der Waals surface area (Å²) in [7, 11) is 0. The summed E-state index contributed by atoms with van der Waals surface area (Å²) in [6.07, 6.45) is 11.8. The second-order valence-electron chi connectivity index (χ2n) is 5.44. The first-order valence-corrected chi connectivity index (χ1v) is 9.71. The summed E-state index contributed by atoms with van der Waals surface area (Å²) in [5.41, 5.74) is 0. The molecule has 0 aromatic carbocycles. The Bertz CT molecular complexity index is 237. The van der Waals surface area contributed by atoms with Crippen LogP contribution in [0.5, 0.6) is 0 Å². The maximum atomic E-state index is 11.5. The third-order valence-electron chi connectivity index (χ3n) is 3.34. The van der Waals surface area contributed by atoms with Gasteiger partial charge in [0.05, 0.1) is 26.4 Å². The number of rotatable bonds is 17. The van der Waals surface area contributed by atoms with Gasteiger partial charge in [0.2, 0.25) is 5.12 Å². The fraction of sp³-hybridized carbons (Fsp3) is 0.941. The molecule has 0 fully saturated rings.